The lowest BCUT2D eigenvalue weighted by atomic mass is 9.49. The number of unbranched alkanes of at least 4 members (excludes halogenated alkanes) is 1. The first-order valence-corrected chi connectivity index (χ1v) is 18.5. The van der Waals surface area contributed by atoms with Crippen molar-refractivity contribution in [1.82, 2.24) is 5.32 Å². The van der Waals surface area contributed by atoms with E-state index in [4.69, 9.17) is 9.47 Å². The first-order valence-electron chi connectivity index (χ1n) is 18.5. The van der Waals surface area contributed by atoms with Crippen molar-refractivity contribution in [3.05, 3.63) is 100 Å². The molecule has 4 aliphatic carbocycles. The molecule has 1 spiro atoms. The van der Waals surface area contributed by atoms with Gasteiger partial charge in [-0.1, -0.05) is 67.1 Å². The third-order valence-electron chi connectivity index (χ3n) is 13.0. The van der Waals surface area contributed by atoms with Crippen molar-refractivity contribution in [3.63, 3.8) is 0 Å². The molecule has 2 aromatic carbocycles. The Kier molecular flexibility index (Phi) is 8.55. The number of hydrogen-bond acceptors (Lipinski definition) is 4. The number of benzene rings is 2. The summed E-state index contributed by atoms with van der Waals surface area (Å²) in [6.45, 7) is 3.33. The number of nitrogens with zero attached hydrogens (tertiary/aromatic N) is 1. The number of quaternary nitrogens is 1. The lowest BCUT2D eigenvalue weighted by Gasteiger charge is -2.63. The first-order chi connectivity index (χ1) is 24.1. The molecular formula is C41H48F3N2O4+. The minimum atomic E-state index is -4.92. The fourth-order valence-electron chi connectivity index (χ4n) is 10.7. The number of aliphatic hydroxyl groups is 1. The number of methoxy groups -OCH3 is 1. The van der Waals surface area contributed by atoms with E-state index in [2.05, 4.69) is 35.6 Å². The summed E-state index contributed by atoms with van der Waals surface area (Å²) < 4.78 is 57.2. The van der Waals surface area contributed by atoms with Crippen molar-refractivity contribution in [3.8, 4) is 0 Å². The van der Waals surface area contributed by atoms with E-state index < -0.39 is 29.5 Å². The molecule has 50 heavy (non-hydrogen) atoms. The Bertz CT molecular complexity index is 1700. The van der Waals surface area contributed by atoms with Crippen LogP contribution in [0.15, 0.2) is 89.2 Å². The van der Waals surface area contributed by atoms with E-state index in [0.717, 1.165) is 85.7 Å². The largest absolute Gasteiger partial charge is 0.508 e. The van der Waals surface area contributed by atoms with Crippen molar-refractivity contribution in [2.75, 3.05) is 26.7 Å². The number of aliphatic hydroxyl groups excluding tert-OH is 1. The Hall–Kier alpha value is -3.40. The number of amides is 1. The molecule has 2 saturated heterocycles. The van der Waals surface area contributed by atoms with E-state index >= 15 is 0 Å². The van der Waals surface area contributed by atoms with Gasteiger partial charge in [0, 0.05) is 48.9 Å². The van der Waals surface area contributed by atoms with Crippen molar-refractivity contribution >= 4 is 12.0 Å². The number of hydrogen-bond donors (Lipinski definition) is 2. The van der Waals surface area contributed by atoms with Crippen molar-refractivity contribution in [1.29, 1.82) is 0 Å². The van der Waals surface area contributed by atoms with Crippen LogP contribution in [0.1, 0.15) is 68.9 Å². The maximum atomic E-state index is 14.4. The number of likely N-dealkylation sites (tertiary alicyclic amines) is 1. The molecule has 2 bridgehead atoms. The average Bonchev–Trinajstić information content (AvgIpc) is 3.86. The summed E-state index contributed by atoms with van der Waals surface area (Å²) in [5.74, 6) is -0.241. The lowest BCUT2D eigenvalue weighted by Crippen LogP contribution is -2.71. The van der Waals surface area contributed by atoms with Crippen molar-refractivity contribution in [2.24, 2.45) is 17.3 Å². The molecule has 2 saturated carbocycles. The summed E-state index contributed by atoms with van der Waals surface area (Å²) in [4.78, 5) is 13.7. The highest BCUT2D eigenvalue weighted by molar-refractivity contribution is 5.99. The molecule has 2 heterocycles. The summed E-state index contributed by atoms with van der Waals surface area (Å²) in [5, 5.41) is 14.5. The van der Waals surface area contributed by atoms with Gasteiger partial charge >= 0.3 is 6.18 Å². The molecule has 6 nitrogen and oxygen atoms in total. The molecular weight excluding hydrogens is 641 g/mol. The number of carbonyl (C=O) groups is 1. The predicted molar refractivity (Wildman–Crippen MR) is 185 cm³/mol. The third-order valence-corrected chi connectivity index (χ3v) is 13.0. The Balaban J connectivity index is 1.12. The normalized spacial score (nSPS) is 34.6. The fraction of sp³-hybridized carbons (Fsp3) is 0.537. The van der Waals surface area contributed by atoms with Crippen LogP contribution in [-0.4, -0.2) is 72.4 Å². The molecule has 1 amide bonds. The minimum Gasteiger partial charge on any atom is -0.508 e. The highest BCUT2D eigenvalue weighted by Gasteiger charge is 2.72. The fourth-order valence-corrected chi connectivity index (χ4v) is 10.7. The van der Waals surface area contributed by atoms with E-state index in [1.54, 1.807) is 18.2 Å². The van der Waals surface area contributed by atoms with E-state index in [1.807, 2.05) is 0 Å². The van der Waals surface area contributed by atoms with E-state index in [-0.39, 0.29) is 22.8 Å². The van der Waals surface area contributed by atoms with Gasteiger partial charge < -0.3 is 24.4 Å². The summed E-state index contributed by atoms with van der Waals surface area (Å²) in [6, 6.07) is 19.0. The number of allylic oxidation sites excluding steroid dienone is 1. The molecule has 6 aliphatic rings. The zero-order valence-corrected chi connectivity index (χ0v) is 28.8. The number of nitrogens with one attached hydrogen (secondary N) is 1. The average molecular weight is 690 g/mol. The minimum absolute atomic E-state index is 0.00727. The highest BCUT2D eigenvalue weighted by Crippen LogP contribution is 2.68. The topological polar surface area (TPSA) is 67.8 Å². The van der Waals surface area contributed by atoms with Gasteiger partial charge in [0.15, 0.2) is 5.72 Å². The van der Waals surface area contributed by atoms with Gasteiger partial charge in [-0.15, -0.1) is 0 Å². The first kappa shape index (κ1) is 33.7. The van der Waals surface area contributed by atoms with Crippen LogP contribution < -0.4 is 5.32 Å². The summed E-state index contributed by atoms with van der Waals surface area (Å²) >= 11 is 0. The Morgan fingerprint density at radius 1 is 1.06 bits per heavy atom. The molecule has 0 aromatic heterocycles. The number of rotatable bonds is 11. The van der Waals surface area contributed by atoms with E-state index in [0.29, 0.717) is 18.4 Å². The molecule has 7 atom stereocenters. The number of aryl methyl sites for hydroxylation is 1. The summed E-state index contributed by atoms with van der Waals surface area (Å²) in [6.07, 6.45) is 6.83. The number of piperidine rings is 1. The van der Waals surface area contributed by atoms with Crippen LogP contribution in [0.4, 0.5) is 13.2 Å². The zero-order chi connectivity index (χ0) is 34.7. The molecule has 266 valence electrons. The number of carbonyl (C=O) groups excluding carboxylic acids is 1. The van der Waals surface area contributed by atoms with Gasteiger partial charge in [0.2, 0.25) is 0 Å². The summed E-state index contributed by atoms with van der Waals surface area (Å²) in [7, 11) is 1.36. The van der Waals surface area contributed by atoms with Gasteiger partial charge in [0.1, 0.15) is 17.4 Å². The lowest BCUT2D eigenvalue weighted by molar-refractivity contribution is -0.964. The van der Waals surface area contributed by atoms with Crippen LogP contribution in [0.2, 0.25) is 0 Å². The smallest absolute Gasteiger partial charge is 0.421 e. The maximum Gasteiger partial charge on any atom is 0.421 e. The molecule has 8 rings (SSSR count). The quantitative estimate of drug-likeness (QED) is 0.109. The second kappa shape index (κ2) is 12.7. The SMILES string of the molecule is COC1(NC(=O)C(=Cc2ccccc2)C(F)(F)F)C=C(O)C2=C3C1O[C@H]1CCC[C@H]4[C@@H](C2)[N+](CCCCc2ccccc2)(CC2CC2)CC[C@]314. The Labute approximate surface area is 292 Å². The molecule has 3 unspecified atom stereocenters. The molecule has 2 aromatic rings. The zero-order valence-electron chi connectivity index (χ0n) is 28.8. The monoisotopic (exact) mass is 689 g/mol. The van der Waals surface area contributed by atoms with Crippen LogP contribution in [0.25, 0.3) is 6.08 Å². The maximum absolute atomic E-state index is 14.4. The number of halogens is 3. The van der Waals surface area contributed by atoms with Gasteiger partial charge in [-0.2, -0.15) is 13.2 Å². The highest BCUT2D eigenvalue weighted by atomic mass is 19.4. The Morgan fingerprint density at radius 2 is 1.80 bits per heavy atom. The number of ether oxygens (including phenoxy) is 2. The molecule has 9 heteroatoms. The summed E-state index contributed by atoms with van der Waals surface area (Å²) in [5.41, 5.74) is -0.0132. The van der Waals surface area contributed by atoms with Crippen LogP contribution in [0, 0.1) is 17.3 Å². The van der Waals surface area contributed by atoms with Gasteiger partial charge in [-0.3, -0.25) is 4.79 Å². The Morgan fingerprint density at radius 3 is 2.50 bits per heavy atom. The van der Waals surface area contributed by atoms with Gasteiger partial charge in [-0.25, -0.2) is 0 Å². The van der Waals surface area contributed by atoms with Gasteiger partial charge in [0.25, 0.3) is 5.91 Å². The molecule has 0 radical (unpaired) electrons. The van der Waals surface area contributed by atoms with Gasteiger partial charge in [0.05, 0.1) is 31.8 Å². The molecule has 2 N–H and O–H groups in total. The third kappa shape index (κ3) is 5.64. The molecule has 4 fully saturated rings. The standard InChI is InChI=1S/C41H47F3N2O4/c1-49-40(45-38(48)32(41(42,43)44)23-28-14-6-3-7-15-28)25-34(47)30-24-33-31-16-10-17-35-39(31,36(30)37(40)50-35)20-22-46(33,26-29-18-19-29)21-9-8-13-27-11-4-2-5-12-27/h2-7,11-12,14-15,23,25,29,31,33,35,37H,8-10,13,16-22,24,26H2,1H3,(H-,45,47,48)/p+1/t31-,33+,35-,37?,39+,40?,46?/m0/s1. The molecule has 2 aliphatic heterocycles. The van der Waals surface area contributed by atoms with Crippen LogP contribution in [0.5, 0.6) is 0 Å². The van der Waals surface area contributed by atoms with Crippen molar-refractivity contribution < 1.29 is 37.0 Å². The predicted octanol–water partition coefficient (Wildman–Crippen LogP) is 7.82. The van der Waals surface area contributed by atoms with Crippen LogP contribution >= 0.6 is 0 Å². The van der Waals surface area contributed by atoms with Crippen LogP contribution in [-0.2, 0) is 20.7 Å². The van der Waals surface area contributed by atoms with E-state index in [9.17, 15) is 23.1 Å². The van der Waals surface area contributed by atoms with Crippen molar-refractivity contribution in [2.45, 2.75) is 94.4 Å². The van der Waals surface area contributed by atoms with Crippen LogP contribution in [0.3, 0.4) is 0 Å². The van der Waals surface area contributed by atoms with E-state index in [1.165, 1.54) is 50.3 Å². The second-order valence-corrected chi connectivity index (χ2v) is 15.7. The van der Waals surface area contributed by atoms with Gasteiger partial charge in [-0.05, 0) is 67.7 Å². The second-order valence-electron chi connectivity index (χ2n) is 15.7. The number of alkyl halides is 3.